The predicted molar refractivity (Wildman–Crippen MR) is 78.6 cm³/mol. The van der Waals surface area contributed by atoms with Crippen LogP contribution >= 0.6 is 15.9 Å². The SMILES string of the molecule is Cc1cc(Br)c(F)cc1NCC(O)c1ccc(F)cc1F. The van der Waals surface area contributed by atoms with Crippen molar-refractivity contribution in [2.24, 2.45) is 0 Å². The summed E-state index contributed by atoms with van der Waals surface area (Å²) in [6.45, 7) is 1.75. The van der Waals surface area contributed by atoms with E-state index in [4.69, 9.17) is 0 Å². The lowest BCUT2D eigenvalue weighted by Gasteiger charge is -2.16. The molecule has 0 saturated heterocycles. The van der Waals surface area contributed by atoms with Gasteiger partial charge in [0.2, 0.25) is 0 Å². The third-order valence-electron chi connectivity index (χ3n) is 3.07. The van der Waals surface area contributed by atoms with Gasteiger partial charge in [-0.25, -0.2) is 13.2 Å². The van der Waals surface area contributed by atoms with Gasteiger partial charge in [0.05, 0.1) is 10.6 Å². The number of anilines is 1. The van der Waals surface area contributed by atoms with Gasteiger partial charge in [0, 0.05) is 23.9 Å². The van der Waals surface area contributed by atoms with Gasteiger partial charge in [0.25, 0.3) is 0 Å². The molecule has 0 bridgehead atoms. The van der Waals surface area contributed by atoms with Crippen LogP contribution in [0.2, 0.25) is 0 Å². The maximum absolute atomic E-state index is 13.5. The van der Waals surface area contributed by atoms with Crippen molar-refractivity contribution in [3.05, 3.63) is 63.4 Å². The number of hydrogen-bond donors (Lipinski definition) is 2. The van der Waals surface area contributed by atoms with E-state index in [0.717, 1.165) is 11.6 Å². The van der Waals surface area contributed by atoms with Crippen molar-refractivity contribution >= 4 is 21.6 Å². The van der Waals surface area contributed by atoms with E-state index < -0.39 is 23.6 Å². The predicted octanol–water partition coefficient (Wildman–Crippen LogP) is 4.32. The Kier molecular flexibility index (Phi) is 4.90. The fourth-order valence-corrected chi connectivity index (χ4v) is 2.38. The van der Waals surface area contributed by atoms with Crippen LogP contribution in [0, 0.1) is 24.4 Å². The fourth-order valence-electron chi connectivity index (χ4n) is 1.93. The van der Waals surface area contributed by atoms with Gasteiger partial charge in [-0.05, 0) is 46.6 Å². The third kappa shape index (κ3) is 3.77. The molecule has 6 heteroatoms. The molecule has 21 heavy (non-hydrogen) atoms. The zero-order valence-corrected chi connectivity index (χ0v) is 12.7. The van der Waals surface area contributed by atoms with Crippen LogP contribution in [-0.2, 0) is 0 Å². The number of benzene rings is 2. The molecule has 0 aromatic heterocycles. The van der Waals surface area contributed by atoms with Crippen LogP contribution in [0.25, 0.3) is 0 Å². The summed E-state index contributed by atoms with van der Waals surface area (Å²) in [5.74, 6) is -1.96. The summed E-state index contributed by atoms with van der Waals surface area (Å²) in [5, 5.41) is 12.8. The van der Waals surface area contributed by atoms with Gasteiger partial charge in [-0.15, -0.1) is 0 Å². The van der Waals surface area contributed by atoms with Gasteiger partial charge in [0.15, 0.2) is 0 Å². The summed E-state index contributed by atoms with van der Waals surface area (Å²) in [6.07, 6.45) is -1.17. The van der Waals surface area contributed by atoms with Crippen molar-refractivity contribution in [1.82, 2.24) is 0 Å². The largest absolute Gasteiger partial charge is 0.386 e. The molecular formula is C15H13BrF3NO. The Morgan fingerprint density at radius 1 is 1.14 bits per heavy atom. The minimum absolute atomic E-state index is 0.0147. The summed E-state index contributed by atoms with van der Waals surface area (Å²) in [4.78, 5) is 0. The first kappa shape index (κ1) is 15.9. The number of rotatable bonds is 4. The number of aliphatic hydroxyl groups is 1. The second kappa shape index (κ2) is 6.49. The van der Waals surface area contributed by atoms with E-state index in [1.807, 2.05) is 0 Å². The fraction of sp³-hybridized carbons (Fsp3) is 0.200. The molecule has 0 amide bonds. The van der Waals surface area contributed by atoms with E-state index in [1.165, 1.54) is 12.1 Å². The molecule has 0 aliphatic carbocycles. The molecule has 1 unspecified atom stereocenters. The Bertz CT molecular complexity index is 664. The zero-order chi connectivity index (χ0) is 15.6. The van der Waals surface area contributed by atoms with Crippen molar-refractivity contribution in [1.29, 1.82) is 0 Å². The zero-order valence-electron chi connectivity index (χ0n) is 11.1. The van der Waals surface area contributed by atoms with Gasteiger partial charge < -0.3 is 10.4 Å². The molecule has 2 aromatic rings. The lowest BCUT2D eigenvalue weighted by Crippen LogP contribution is -2.14. The summed E-state index contributed by atoms with van der Waals surface area (Å²) in [6, 6.07) is 5.86. The first-order valence-electron chi connectivity index (χ1n) is 6.21. The first-order valence-corrected chi connectivity index (χ1v) is 7.00. The molecule has 2 rings (SSSR count). The van der Waals surface area contributed by atoms with Crippen LogP contribution in [-0.4, -0.2) is 11.7 Å². The topological polar surface area (TPSA) is 32.3 Å². The maximum atomic E-state index is 13.5. The molecule has 2 nitrogen and oxygen atoms in total. The Balaban J connectivity index is 2.11. The van der Waals surface area contributed by atoms with Crippen LogP contribution in [0.1, 0.15) is 17.2 Å². The molecule has 0 aliphatic heterocycles. The summed E-state index contributed by atoms with van der Waals surface area (Å²) < 4.78 is 40.1. The minimum Gasteiger partial charge on any atom is -0.386 e. The van der Waals surface area contributed by atoms with Crippen LogP contribution in [0.15, 0.2) is 34.8 Å². The molecule has 2 N–H and O–H groups in total. The summed E-state index contributed by atoms with van der Waals surface area (Å²) >= 11 is 3.08. The highest BCUT2D eigenvalue weighted by atomic mass is 79.9. The van der Waals surface area contributed by atoms with Crippen LogP contribution < -0.4 is 5.32 Å². The minimum atomic E-state index is -1.17. The van der Waals surface area contributed by atoms with E-state index in [2.05, 4.69) is 21.2 Å². The number of halogens is 4. The lowest BCUT2D eigenvalue weighted by molar-refractivity contribution is 0.186. The summed E-state index contributed by atoms with van der Waals surface area (Å²) in [5.41, 5.74) is 1.26. The second-order valence-corrected chi connectivity index (χ2v) is 5.50. The van der Waals surface area contributed by atoms with E-state index >= 15 is 0 Å². The van der Waals surface area contributed by atoms with Gasteiger partial charge in [0.1, 0.15) is 17.5 Å². The molecule has 112 valence electrons. The highest BCUT2D eigenvalue weighted by Crippen LogP contribution is 2.25. The molecule has 0 heterocycles. The van der Waals surface area contributed by atoms with Crippen LogP contribution in [0.3, 0.4) is 0 Å². The molecule has 0 radical (unpaired) electrons. The first-order chi connectivity index (χ1) is 9.88. The Morgan fingerprint density at radius 3 is 2.52 bits per heavy atom. The molecule has 2 aromatic carbocycles. The molecule has 0 fully saturated rings. The normalized spacial score (nSPS) is 12.3. The van der Waals surface area contributed by atoms with Gasteiger partial charge in [-0.1, -0.05) is 6.07 Å². The van der Waals surface area contributed by atoms with Crippen molar-refractivity contribution in [2.75, 3.05) is 11.9 Å². The van der Waals surface area contributed by atoms with Crippen LogP contribution in [0.4, 0.5) is 18.9 Å². The van der Waals surface area contributed by atoms with Gasteiger partial charge in [-0.2, -0.15) is 0 Å². The van der Waals surface area contributed by atoms with Crippen LogP contribution in [0.5, 0.6) is 0 Å². The molecule has 0 saturated carbocycles. The highest BCUT2D eigenvalue weighted by Gasteiger charge is 2.14. The molecule has 0 aliphatic rings. The monoisotopic (exact) mass is 359 g/mol. The van der Waals surface area contributed by atoms with E-state index in [0.29, 0.717) is 16.2 Å². The molecule has 1 atom stereocenters. The van der Waals surface area contributed by atoms with Crippen molar-refractivity contribution in [2.45, 2.75) is 13.0 Å². The number of aryl methyl sites for hydroxylation is 1. The Labute approximate surface area is 128 Å². The Morgan fingerprint density at radius 2 is 1.86 bits per heavy atom. The second-order valence-electron chi connectivity index (χ2n) is 4.64. The average molecular weight is 360 g/mol. The molecule has 0 spiro atoms. The number of hydrogen-bond acceptors (Lipinski definition) is 2. The van der Waals surface area contributed by atoms with Crippen molar-refractivity contribution in [3.63, 3.8) is 0 Å². The van der Waals surface area contributed by atoms with E-state index in [1.54, 1.807) is 13.0 Å². The van der Waals surface area contributed by atoms with Gasteiger partial charge in [-0.3, -0.25) is 0 Å². The number of nitrogens with one attached hydrogen (secondary N) is 1. The van der Waals surface area contributed by atoms with Crippen molar-refractivity contribution < 1.29 is 18.3 Å². The highest BCUT2D eigenvalue weighted by molar-refractivity contribution is 9.10. The quantitative estimate of drug-likeness (QED) is 0.851. The summed E-state index contributed by atoms with van der Waals surface area (Å²) in [7, 11) is 0. The smallest absolute Gasteiger partial charge is 0.139 e. The third-order valence-corrected chi connectivity index (χ3v) is 3.68. The van der Waals surface area contributed by atoms with E-state index in [-0.39, 0.29) is 12.1 Å². The van der Waals surface area contributed by atoms with Crippen molar-refractivity contribution in [3.8, 4) is 0 Å². The maximum Gasteiger partial charge on any atom is 0.139 e. The molecular weight excluding hydrogens is 347 g/mol. The lowest BCUT2D eigenvalue weighted by atomic mass is 10.1. The standard InChI is InChI=1S/C15H13BrF3NO/c1-8-4-11(16)13(19)6-14(8)20-7-15(21)10-3-2-9(17)5-12(10)18/h2-6,15,20-21H,7H2,1H3. The van der Waals surface area contributed by atoms with Gasteiger partial charge >= 0.3 is 0 Å². The average Bonchev–Trinajstić information content (AvgIpc) is 2.41. The Hall–Kier alpha value is -1.53. The number of aliphatic hydroxyl groups excluding tert-OH is 1. The van der Waals surface area contributed by atoms with E-state index in [9.17, 15) is 18.3 Å².